The molecule has 0 bridgehead atoms. The van der Waals surface area contributed by atoms with Crippen molar-refractivity contribution < 1.29 is 19.0 Å². The average Bonchev–Trinajstić information content (AvgIpc) is 3.51. The second-order valence-corrected chi connectivity index (χ2v) is 7.67. The number of imidazole rings is 1. The summed E-state index contributed by atoms with van der Waals surface area (Å²) in [6, 6.07) is 7.74. The molecule has 1 fully saturated rings. The zero-order valence-corrected chi connectivity index (χ0v) is 17.7. The number of nitrogens with one attached hydrogen (secondary N) is 1. The number of aromatic nitrogens is 4. The van der Waals surface area contributed by atoms with Crippen LogP contribution in [0.5, 0.6) is 11.5 Å². The number of morpholine rings is 1. The largest absolute Gasteiger partial charge is 0.454 e. The number of amides is 1. The Kier molecular flexibility index (Phi) is 5.59. The lowest BCUT2D eigenvalue weighted by atomic mass is 10.1. The molecule has 0 spiro atoms. The monoisotopic (exact) mass is 436 g/mol. The molecule has 1 amide bonds. The number of benzene rings is 1. The van der Waals surface area contributed by atoms with Crippen molar-refractivity contribution in [2.45, 2.75) is 19.4 Å². The van der Waals surface area contributed by atoms with Crippen LogP contribution in [0.4, 0.5) is 5.82 Å². The summed E-state index contributed by atoms with van der Waals surface area (Å²) >= 11 is 0. The molecule has 1 saturated heterocycles. The summed E-state index contributed by atoms with van der Waals surface area (Å²) in [5, 5.41) is 2.98. The van der Waals surface area contributed by atoms with Crippen molar-refractivity contribution in [2.75, 3.05) is 37.9 Å². The fourth-order valence-corrected chi connectivity index (χ4v) is 3.75. The molecule has 166 valence electrons. The Labute approximate surface area is 185 Å². The van der Waals surface area contributed by atoms with E-state index >= 15 is 0 Å². The number of anilines is 1. The number of hydrogen-bond acceptors (Lipinski definition) is 8. The molecule has 0 aliphatic carbocycles. The Bertz CT molecular complexity index is 1100. The standard InChI is InChI=1S/C22H24N6O4/c1-15-10-20(26-22(25-15)28-7-6-23-13-28)27-8-9-30-19(12-27)21(29)24-5-4-16-2-3-17-18(11-16)32-14-31-17/h2-3,6-7,10-11,13,19H,4-5,8-9,12,14H2,1H3,(H,24,29). The molecule has 5 rings (SSSR count). The first-order valence-corrected chi connectivity index (χ1v) is 10.5. The Balaban J connectivity index is 1.19. The van der Waals surface area contributed by atoms with Crippen LogP contribution in [0.15, 0.2) is 43.0 Å². The van der Waals surface area contributed by atoms with Gasteiger partial charge in [0.2, 0.25) is 12.7 Å². The molecule has 32 heavy (non-hydrogen) atoms. The van der Waals surface area contributed by atoms with Crippen LogP contribution in [0.1, 0.15) is 11.3 Å². The fourth-order valence-electron chi connectivity index (χ4n) is 3.75. The number of carbonyl (C=O) groups excluding carboxylic acids is 1. The quantitative estimate of drug-likeness (QED) is 0.616. The highest BCUT2D eigenvalue weighted by molar-refractivity contribution is 5.81. The minimum atomic E-state index is -0.563. The van der Waals surface area contributed by atoms with E-state index in [1.54, 1.807) is 23.3 Å². The van der Waals surface area contributed by atoms with Crippen LogP contribution >= 0.6 is 0 Å². The van der Waals surface area contributed by atoms with Gasteiger partial charge in [-0.1, -0.05) is 6.07 Å². The molecule has 1 unspecified atom stereocenters. The van der Waals surface area contributed by atoms with Crippen LogP contribution in [-0.4, -0.2) is 64.6 Å². The molecule has 10 heteroatoms. The van der Waals surface area contributed by atoms with Crippen LogP contribution in [0.2, 0.25) is 0 Å². The Morgan fingerprint density at radius 3 is 3.00 bits per heavy atom. The second kappa shape index (κ2) is 8.83. The maximum absolute atomic E-state index is 12.7. The van der Waals surface area contributed by atoms with E-state index in [-0.39, 0.29) is 12.7 Å². The Morgan fingerprint density at radius 2 is 2.12 bits per heavy atom. The zero-order chi connectivity index (χ0) is 21.9. The van der Waals surface area contributed by atoms with Crippen molar-refractivity contribution in [3.05, 3.63) is 54.2 Å². The van der Waals surface area contributed by atoms with Crippen molar-refractivity contribution >= 4 is 11.7 Å². The summed E-state index contributed by atoms with van der Waals surface area (Å²) in [5.74, 6) is 2.69. The maximum atomic E-state index is 12.7. The predicted molar refractivity (Wildman–Crippen MR) is 115 cm³/mol. The molecule has 10 nitrogen and oxygen atoms in total. The van der Waals surface area contributed by atoms with Gasteiger partial charge in [0.1, 0.15) is 12.1 Å². The number of aryl methyl sites for hydroxylation is 1. The SMILES string of the molecule is Cc1cc(N2CCOC(C(=O)NCCc3ccc4c(c3)OCO4)C2)nc(-n2ccnc2)n1. The molecule has 2 aromatic heterocycles. The highest BCUT2D eigenvalue weighted by atomic mass is 16.7. The van der Waals surface area contributed by atoms with E-state index < -0.39 is 6.10 Å². The molecule has 4 heterocycles. The molecule has 0 saturated carbocycles. The number of fused-ring (bicyclic) bond motifs is 1. The lowest BCUT2D eigenvalue weighted by Gasteiger charge is -2.33. The van der Waals surface area contributed by atoms with Crippen molar-refractivity contribution in [3.8, 4) is 17.4 Å². The molecule has 3 aromatic rings. The number of ether oxygens (including phenoxy) is 3. The van der Waals surface area contributed by atoms with Gasteiger partial charge in [0.15, 0.2) is 17.6 Å². The van der Waals surface area contributed by atoms with Gasteiger partial charge in [-0.2, -0.15) is 4.98 Å². The molecule has 2 aliphatic heterocycles. The van der Waals surface area contributed by atoms with E-state index in [4.69, 9.17) is 14.2 Å². The predicted octanol–water partition coefficient (Wildman–Crippen LogP) is 1.26. The van der Waals surface area contributed by atoms with Crippen LogP contribution in [0.3, 0.4) is 0 Å². The molecule has 1 atom stereocenters. The van der Waals surface area contributed by atoms with E-state index in [1.807, 2.05) is 31.2 Å². The van der Waals surface area contributed by atoms with Gasteiger partial charge in [0, 0.05) is 37.2 Å². The van der Waals surface area contributed by atoms with E-state index in [0.717, 1.165) is 28.6 Å². The van der Waals surface area contributed by atoms with Crippen molar-refractivity contribution in [3.63, 3.8) is 0 Å². The lowest BCUT2D eigenvalue weighted by molar-refractivity contribution is -0.133. The second-order valence-electron chi connectivity index (χ2n) is 7.67. The number of carbonyl (C=O) groups is 1. The van der Waals surface area contributed by atoms with E-state index in [2.05, 4.69) is 25.2 Å². The van der Waals surface area contributed by atoms with Crippen LogP contribution < -0.4 is 19.7 Å². The third kappa shape index (κ3) is 4.35. The third-order valence-corrected chi connectivity index (χ3v) is 5.40. The van der Waals surface area contributed by atoms with Gasteiger partial charge in [-0.05, 0) is 31.0 Å². The van der Waals surface area contributed by atoms with Crippen LogP contribution in [0, 0.1) is 6.92 Å². The average molecular weight is 436 g/mol. The summed E-state index contributed by atoms with van der Waals surface area (Å²) in [5.41, 5.74) is 1.92. The first-order chi connectivity index (χ1) is 15.7. The van der Waals surface area contributed by atoms with Gasteiger partial charge in [0.25, 0.3) is 5.91 Å². The van der Waals surface area contributed by atoms with Gasteiger partial charge < -0.3 is 24.4 Å². The normalized spacial score (nSPS) is 17.4. The number of rotatable bonds is 6. The maximum Gasteiger partial charge on any atom is 0.250 e. The number of hydrogen-bond donors (Lipinski definition) is 1. The molecular weight excluding hydrogens is 412 g/mol. The lowest BCUT2D eigenvalue weighted by Crippen LogP contribution is -2.50. The summed E-state index contributed by atoms with van der Waals surface area (Å²) in [6.07, 6.45) is 5.28. The first kappa shape index (κ1) is 20.3. The minimum absolute atomic E-state index is 0.129. The van der Waals surface area contributed by atoms with Crippen molar-refractivity contribution in [1.29, 1.82) is 0 Å². The molecule has 1 aromatic carbocycles. The summed E-state index contributed by atoms with van der Waals surface area (Å²) in [7, 11) is 0. The highest BCUT2D eigenvalue weighted by Crippen LogP contribution is 2.32. The van der Waals surface area contributed by atoms with Gasteiger partial charge in [0.05, 0.1) is 13.2 Å². The molecule has 2 aliphatic rings. The summed E-state index contributed by atoms with van der Waals surface area (Å²) < 4.78 is 18.2. The Hall–Kier alpha value is -3.66. The van der Waals surface area contributed by atoms with E-state index in [9.17, 15) is 4.79 Å². The topological polar surface area (TPSA) is 104 Å². The smallest absolute Gasteiger partial charge is 0.250 e. The van der Waals surface area contributed by atoms with Crippen molar-refractivity contribution in [1.82, 2.24) is 24.8 Å². The van der Waals surface area contributed by atoms with Crippen LogP contribution in [0.25, 0.3) is 5.95 Å². The molecule has 1 N–H and O–H groups in total. The molecule has 0 radical (unpaired) electrons. The number of nitrogens with zero attached hydrogens (tertiary/aromatic N) is 5. The van der Waals surface area contributed by atoms with E-state index in [1.165, 1.54) is 0 Å². The summed E-state index contributed by atoms with van der Waals surface area (Å²) in [4.78, 5) is 28.0. The summed E-state index contributed by atoms with van der Waals surface area (Å²) in [6.45, 7) is 4.21. The highest BCUT2D eigenvalue weighted by Gasteiger charge is 2.27. The third-order valence-electron chi connectivity index (χ3n) is 5.40. The van der Waals surface area contributed by atoms with E-state index in [0.29, 0.717) is 38.6 Å². The van der Waals surface area contributed by atoms with Gasteiger partial charge in [-0.25, -0.2) is 9.97 Å². The molecular formula is C22H24N6O4. The van der Waals surface area contributed by atoms with Crippen LogP contribution in [-0.2, 0) is 16.0 Å². The van der Waals surface area contributed by atoms with Gasteiger partial charge in [-0.15, -0.1) is 0 Å². The zero-order valence-electron chi connectivity index (χ0n) is 17.7. The van der Waals surface area contributed by atoms with Gasteiger partial charge in [-0.3, -0.25) is 9.36 Å². The first-order valence-electron chi connectivity index (χ1n) is 10.5. The Morgan fingerprint density at radius 1 is 1.22 bits per heavy atom. The fraction of sp³-hybridized carbons (Fsp3) is 0.364. The van der Waals surface area contributed by atoms with Gasteiger partial charge >= 0.3 is 0 Å². The van der Waals surface area contributed by atoms with Crippen molar-refractivity contribution in [2.24, 2.45) is 0 Å². The minimum Gasteiger partial charge on any atom is -0.454 e.